The Kier molecular flexibility index (Phi) is 5.36. The normalized spacial score (nSPS) is 14.1. The van der Waals surface area contributed by atoms with Crippen molar-refractivity contribution in [1.82, 2.24) is 0 Å². The minimum absolute atomic E-state index is 0.304. The first kappa shape index (κ1) is 13.9. The van der Waals surface area contributed by atoms with Gasteiger partial charge in [0, 0.05) is 4.91 Å². The number of hydrogen-bond acceptors (Lipinski definition) is 2. The minimum Gasteiger partial charge on any atom is -0.508 e. The second kappa shape index (κ2) is 6.55. The number of rotatable bonds is 5. The quantitative estimate of drug-likeness (QED) is 0.787. The fourth-order valence-electron chi connectivity index (χ4n) is 1.61. The summed E-state index contributed by atoms with van der Waals surface area (Å²) in [6, 6.07) is 7.35. The SMILES string of the molecule is C=CS/C(=C(/C)C(C)CC)c1ccc(O)cc1. The zero-order valence-electron chi connectivity index (χ0n) is 10.7. The molecule has 0 saturated heterocycles. The summed E-state index contributed by atoms with van der Waals surface area (Å²) >= 11 is 1.65. The first-order valence-corrected chi connectivity index (χ1v) is 6.75. The van der Waals surface area contributed by atoms with E-state index in [-0.39, 0.29) is 0 Å². The molecule has 0 aromatic heterocycles. The van der Waals surface area contributed by atoms with Crippen LogP contribution in [0, 0.1) is 5.92 Å². The highest BCUT2D eigenvalue weighted by atomic mass is 32.2. The lowest BCUT2D eigenvalue weighted by Crippen LogP contribution is -1.96. The molecule has 0 fully saturated rings. The molecule has 0 radical (unpaired) electrons. The topological polar surface area (TPSA) is 20.2 Å². The van der Waals surface area contributed by atoms with Crippen LogP contribution in [-0.2, 0) is 0 Å². The molecule has 1 rings (SSSR count). The van der Waals surface area contributed by atoms with Crippen molar-refractivity contribution < 1.29 is 5.11 Å². The zero-order valence-corrected chi connectivity index (χ0v) is 11.6. The lowest BCUT2D eigenvalue weighted by Gasteiger charge is -2.15. The van der Waals surface area contributed by atoms with Gasteiger partial charge in [-0.05, 0) is 42.4 Å². The van der Waals surface area contributed by atoms with E-state index in [1.54, 1.807) is 23.9 Å². The first-order chi connectivity index (χ1) is 8.10. The van der Waals surface area contributed by atoms with Gasteiger partial charge in [-0.3, -0.25) is 0 Å². The summed E-state index contributed by atoms with van der Waals surface area (Å²) in [5.41, 5.74) is 2.52. The Bertz CT molecular complexity index is 403. The van der Waals surface area contributed by atoms with E-state index in [0.717, 1.165) is 12.0 Å². The molecule has 0 aliphatic heterocycles. The number of aromatic hydroxyl groups is 1. The lowest BCUT2D eigenvalue weighted by molar-refractivity contribution is 0.475. The molecular formula is C15H20OS. The van der Waals surface area contributed by atoms with Crippen LogP contribution in [0.25, 0.3) is 4.91 Å². The summed E-state index contributed by atoms with van der Waals surface area (Å²) in [7, 11) is 0. The maximum Gasteiger partial charge on any atom is 0.115 e. The third-order valence-corrected chi connectivity index (χ3v) is 4.00. The first-order valence-electron chi connectivity index (χ1n) is 5.87. The van der Waals surface area contributed by atoms with Gasteiger partial charge in [-0.2, -0.15) is 0 Å². The highest BCUT2D eigenvalue weighted by Gasteiger charge is 2.10. The van der Waals surface area contributed by atoms with Gasteiger partial charge in [-0.1, -0.05) is 49.9 Å². The van der Waals surface area contributed by atoms with E-state index in [1.807, 2.05) is 17.5 Å². The molecule has 0 heterocycles. The molecule has 0 saturated carbocycles. The number of hydrogen-bond donors (Lipinski definition) is 1. The molecule has 0 aliphatic rings. The number of phenols is 1. The molecule has 1 atom stereocenters. The Balaban J connectivity index is 3.16. The van der Waals surface area contributed by atoms with Gasteiger partial charge in [-0.25, -0.2) is 0 Å². The van der Waals surface area contributed by atoms with Crippen molar-refractivity contribution >= 4 is 16.7 Å². The molecule has 17 heavy (non-hydrogen) atoms. The number of benzene rings is 1. The third kappa shape index (κ3) is 3.67. The van der Waals surface area contributed by atoms with Crippen LogP contribution in [0.2, 0.25) is 0 Å². The van der Waals surface area contributed by atoms with Gasteiger partial charge < -0.3 is 5.11 Å². The smallest absolute Gasteiger partial charge is 0.115 e. The Labute approximate surface area is 108 Å². The predicted octanol–water partition coefficient (Wildman–Crippen LogP) is 5.05. The average Bonchev–Trinajstić information content (AvgIpc) is 2.35. The second-order valence-corrected chi connectivity index (χ2v) is 5.13. The summed E-state index contributed by atoms with van der Waals surface area (Å²) in [6.07, 6.45) is 1.13. The lowest BCUT2D eigenvalue weighted by atomic mass is 9.97. The molecule has 1 N–H and O–H groups in total. The average molecular weight is 248 g/mol. The fourth-order valence-corrected chi connectivity index (χ4v) is 2.44. The summed E-state index contributed by atoms with van der Waals surface area (Å²) in [6.45, 7) is 10.4. The number of allylic oxidation sites excluding steroid dienone is 1. The zero-order chi connectivity index (χ0) is 12.8. The van der Waals surface area contributed by atoms with Crippen molar-refractivity contribution in [3.8, 4) is 5.75 Å². The molecule has 1 unspecified atom stereocenters. The summed E-state index contributed by atoms with van der Waals surface area (Å²) in [4.78, 5) is 1.24. The van der Waals surface area contributed by atoms with E-state index >= 15 is 0 Å². The maximum atomic E-state index is 9.32. The fraction of sp³-hybridized carbons (Fsp3) is 0.333. The minimum atomic E-state index is 0.304. The van der Waals surface area contributed by atoms with Gasteiger partial charge in [0.25, 0.3) is 0 Å². The highest BCUT2D eigenvalue weighted by molar-refractivity contribution is 8.10. The second-order valence-electron chi connectivity index (χ2n) is 4.15. The Hall–Kier alpha value is -1.15. The van der Waals surface area contributed by atoms with Crippen molar-refractivity contribution in [2.45, 2.75) is 27.2 Å². The van der Waals surface area contributed by atoms with Crippen LogP contribution in [0.1, 0.15) is 32.8 Å². The monoisotopic (exact) mass is 248 g/mol. The van der Waals surface area contributed by atoms with E-state index in [4.69, 9.17) is 0 Å². The van der Waals surface area contributed by atoms with Crippen molar-refractivity contribution in [2.24, 2.45) is 5.92 Å². The van der Waals surface area contributed by atoms with Gasteiger partial charge in [0.15, 0.2) is 0 Å². The molecule has 1 nitrogen and oxygen atoms in total. The molecule has 92 valence electrons. The molecule has 0 spiro atoms. The van der Waals surface area contributed by atoms with E-state index in [1.165, 1.54) is 10.5 Å². The van der Waals surface area contributed by atoms with Gasteiger partial charge in [0.05, 0.1) is 0 Å². The van der Waals surface area contributed by atoms with Crippen LogP contribution >= 0.6 is 11.8 Å². The van der Waals surface area contributed by atoms with Gasteiger partial charge >= 0.3 is 0 Å². The molecule has 1 aromatic rings. The highest BCUT2D eigenvalue weighted by Crippen LogP contribution is 2.35. The van der Waals surface area contributed by atoms with Crippen molar-refractivity contribution in [2.75, 3.05) is 0 Å². The predicted molar refractivity (Wildman–Crippen MR) is 77.9 cm³/mol. The summed E-state index contributed by atoms with van der Waals surface area (Å²) in [5.74, 6) is 0.865. The van der Waals surface area contributed by atoms with Crippen LogP contribution in [-0.4, -0.2) is 5.11 Å². The van der Waals surface area contributed by atoms with Crippen LogP contribution in [0.3, 0.4) is 0 Å². The molecule has 1 aromatic carbocycles. The summed E-state index contributed by atoms with van der Waals surface area (Å²) < 4.78 is 0. The standard InChI is InChI=1S/C15H20OS/c1-5-11(3)12(4)15(17-6-2)13-7-9-14(16)10-8-13/h6-11,16H,2,5H2,1,3-4H3/b15-12-. The molecule has 0 amide bonds. The maximum absolute atomic E-state index is 9.32. The van der Waals surface area contributed by atoms with Crippen LogP contribution < -0.4 is 0 Å². The van der Waals surface area contributed by atoms with Crippen LogP contribution in [0.5, 0.6) is 5.75 Å². The van der Waals surface area contributed by atoms with Gasteiger partial charge in [0.2, 0.25) is 0 Å². The van der Waals surface area contributed by atoms with E-state index in [9.17, 15) is 5.11 Å². The third-order valence-electron chi connectivity index (χ3n) is 3.04. The molecule has 0 aliphatic carbocycles. The van der Waals surface area contributed by atoms with Crippen LogP contribution in [0.4, 0.5) is 0 Å². The van der Waals surface area contributed by atoms with Crippen molar-refractivity contribution in [1.29, 1.82) is 0 Å². The van der Waals surface area contributed by atoms with Crippen molar-refractivity contribution in [3.63, 3.8) is 0 Å². The Morgan fingerprint density at radius 2 is 2.00 bits per heavy atom. The largest absolute Gasteiger partial charge is 0.508 e. The Morgan fingerprint density at radius 3 is 2.47 bits per heavy atom. The van der Waals surface area contributed by atoms with E-state index in [0.29, 0.717) is 11.7 Å². The molecule has 2 heteroatoms. The number of thioether (sulfide) groups is 1. The number of phenolic OH excluding ortho intramolecular Hbond substituents is 1. The molecular weight excluding hydrogens is 228 g/mol. The van der Waals surface area contributed by atoms with Gasteiger partial charge in [0.1, 0.15) is 5.75 Å². The van der Waals surface area contributed by atoms with E-state index in [2.05, 4.69) is 27.4 Å². The van der Waals surface area contributed by atoms with Crippen LogP contribution in [0.15, 0.2) is 41.8 Å². The van der Waals surface area contributed by atoms with Crippen molar-refractivity contribution in [3.05, 3.63) is 47.4 Å². The summed E-state index contributed by atoms with van der Waals surface area (Å²) in [5, 5.41) is 11.2. The van der Waals surface area contributed by atoms with E-state index < -0.39 is 0 Å². The van der Waals surface area contributed by atoms with Gasteiger partial charge in [-0.15, -0.1) is 0 Å². The molecule has 0 bridgehead atoms. The Morgan fingerprint density at radius 1 is 1.41 bits per heavy atom.